The lowest BCUT2D eigenvalue weighted by Crippen LogP contribution is -2.14. The van der Waals surface area contributed by atoms with E-state index in [1.54, 1.807) is 45.8 Å². The van der Waals surface area contributed by atoms with E-state index in [1.165, 1.54) is 0 Å². The summed E-state index contributed by atoms with van der Waals surface area (Å²) in [5.41, 5.74) is 1.24. The van der Waals surface area contributed by atoms with Crippen molar-refractivity contribution in [2.24, 2.45) is 0 Å². The van der Waals surface area contributed by atoms with Crippen molar-refractivity contribution < 1.29 is 19.1 Å². The van der Waals surface area contributed by atoms with Gasteiger partial charge in [0.2, 0.25) is 5.78 Å². The van der Waals surface area contributed by atoms with Crippen LogP contribution in [0.15, 0.2) is 24.7 Å². The van der Waals surface area contributed by atoms with Gasteiger partial charge in [0.15, 0.2) is 5.78 Å². The third-order valence-corrected chi connectivity index (χ3v) is 4.46. The van der Waals surface area contributed by atoms with Crippen molar-refractivity contribution in [1.82, 2.24) is 24.0 Å². The van der Waals surface area contributed by atoms with E-state index < -0.39 is 0 Å². The van der Waals surface area contributed by atoms with Crippen molar-refractivity contribution in [3.05, 3.63) is 47.7 Å². The number of Topliss-reactive ketones (excluding diaryl/α,β-unsaturated/α-hetero) is 1. The van der Waals surface area contributed by atoms with Gasteiger partial charge >= 0.3 is 0 Å². The fraction of sp³-hybridized carbons (Fsp3) is 0.565. The fourth-order valence-electron chi connectivity index (χ4n) is 3.17. The Morgan fingerprint density at radius 2 is 1.38 bits per heavy atom. The van der Waals surface area contributed by atoms with Crippen LogP contribution in [0, 0.1) is 0 Å². The molecule has 0 aliphatic carbocycles. The first-order valence-corrected chi connectivity index (χ1v) is 10.5. The minimum atomic E-state index is -0.0488. The van der Waals surface area contributed by atoms with Crippen molar-refractivity contribution in [2.45, 2.75) is 59.9 Å². The molecular formula is C23H37N5O4. The molecule has 9 heteroatoms. The topological polar surface area (TPSA) is 91.5 Å². The number of ketones is 2. The Balaban J connectivity index is 0.000000330. The van der Waals surface area contributed by atoms with Gasteiger partial charge in [0.05, 0.1) is 12.4 Å². The van der Waals surface area contributed by atoms with Crippen LogP contribution in [0.2, 0.25) is 0 Å². The summed E-state index contributed by atoms with van der Waals surface area (Å²) in [5, 5.41) is 0. The zero-order valence-corrected chi connectivity index (χ0v) is 20.7. The molecule has 178 valence electrons. The second-order valence-corrected chi connectivity index (χ2v) is 8.11. The number of carbonyl (C=O) groups is 2. The second kappa shape index (κ2) is 12.9. The zero-order valence-electron chi connectivity index (χ0n) is 20.7. The van der Waals surface area contributed by atoms with E-state index in [-0.39, 0.29) is 23.7 Å². The highest BCUT2D eigenvalue weighted by molar-refractivity contribution is 6.03. The minimum Gasteiger partial charge on any atom is -0.383 e. The van der Waals surface area contributed by atoms with E-state index >= 15 is 0 Å². The van der Waals surface area contributed by atoms with E-state index in [0.717, 1.165) is 11.6 Å². The molecule has 0 bridgehead atoms. The summed E-state index contributed by atoms with van der Waals surface area (Å²) in [7, 11) is 6.99. The Kier molecular flexibility index (Phi) is 11.0. The molecule has 0 saturated heterocycles. The second-order valence-electron chi connectivity index (χ2n) is 8.11. The predicted molar refractivity (Wildman–Crippen MR) is 124 cm³/mol. The minimum absolute atomic E-state index is 0.0357. The van der Waals surface area contributed by atoms with Gasteiger partial charge in [-0.2, -0.15) is 0 Å². The van der Waals surface area contributed by atoms with Crippen molar-refractivity contribution in [3.63, 3.8) is 0 Å². The Morgan fingerprint density at radius 3 is 1.75 bits per heavy atom. The largest absolute Gasteiger partial charge is 0.383 e. The molecule has 0 spiro atoms. The lowest BCUT2D eigenvalue weighted by molar-refractivity contribution is 0.0999. The van der Waals surface area contributed by atoms with Crippen LogP contribution < -0.4 is 0 Å². The number of hydrogen-bond acceptors (Lipinski definition) is 7. The zero-order chi connectivity index (χ0) is 24.4. The van der Waals surface area contributed by atoms with Crippen LogP contribution in [-0.4, -0.2) is 63.9 Å². The lowest BCUT2D eigenvalue weighted by Gasteiger charge is -2.14. The van der Waals surface area contributed by atoms with Gasteiger partial charge in [0.25, 0.3) is 0 Å². The average molecular weight is 448 g/mol. The first-order valence-electron chi connectivity index (χ1n) is 10.5. The number of rotatable bonds is 10. The molecule has 32 heavy (non-hydrogen) atoms. The Morgan fingerprint density at radius 1 is 0.938 bits per heavy atom. The quantitative estimate of drug-likeness (QED) is 0.405. The summed E-state index contributed by atoms with van der Waals surface area (Å²) in [4.78, 5) is 33.6. The molecule has 0 amide bonds. The van der Waals surface area contributed by atoms with Gasteiger partial charge in [0, 0.05) is 59.6 Å². The van der Waals surface area contributed by atoms with Crippen LogP contribution in [0.1, 0.15) is 79.3 Å². The molecule has 2 aromatic rings. The van der Waals surface area contributed by atoms with Crippen molar-refractivity contribution >= 4 is 11.6 Å². The summed E-state index contributed by atoms with van der Waals surface area (Å²) in [6, 6.07) is 0.394. The van der Waals surface area contributed by atoms with Crippen LogP contribution in [-0.2, 0) is 22.7 Å². The molecule has 2 heterocycles. The maximum Gasteiger partial charge on any atom is 0.205 e. The number of ether oxygens (including phenoxy) is 2. The Bertz CT molecular complexity index is 910. The monoisotopic (exact) mass is 447 g/mol. The third-order valence-electron chi connectivity index (χ3n) is 4.46. The number of imidazole rings is 2. The van der Waals surface area contributed by atoms with Crippen molar-refractivity contribution in [3.8, 4) is 0 Å². The molecule has 0 unspecified atom stereocenters. The molecule has 0 saturated carbocycles. The van der Waals surface area contributed by atoms with Crippen LogP contribution in [0.3, 0.4) is 0 Å². The number of hydrogen-bond donors (Lipinski definition) is 0. The number of aromatic nitrogens is 4. The molecule has 2 aromatic heterocycles. The van der Waals surface area contributed by atoms with E-state index in [1.807, 2.05) is 55.8 Å². The van der Waals surface area contributed by atoms with Crippen molar-refractivity contribution in [2.75, 3.05) is 28.3 Å². The van der Waals surface area contributed by atoms with Gasteiger partial charge in [-0.15, -0.1) is 0 Å². The highest BCUT2D eigenvalue weighted by atomic mass is 16.5. The first-order chi connectivity index (χ1) is 15.0. The van der Waals surface area contributed by atoms with E-state index in [4.69, 9.17) is 9.47 Å². The van der Waals surface area contributed by atoms with Crippen LogP contribution in [0.5, 0.6) is 0 Å². The number of carbonyl (C=O) groups excluding carboxylic acids is 2. The first kappa shape index (κ1) is 27.3. The number of methoxy groups -OCH3 is 2. The molecule has 2 rings (SSSR count). The van der Waals surface area contributed by atoms with E-state index in [9.17, 15) is 9.59 Å². The molecule has 0 radical (unpaired) electrons. The SMILES string of the molecule is COCc1ncc(C(=O)C=CN(C)C)n1C(C)C.COCc1ncc(C(C)=O)n1C(C)C. The Labute approximate surface area is 191 Å². The number of allylic oxidation sites excluding steroid dienone is 1. The summed E-state index contributed by atoms with van der Waals surface area (Å²) in [6.45, 7) is 10.5. The maximum absolute atomic E-state index is 12.1. The van der Waals surface area contributed by atoms with Gasteiger partial charge in [0.1, 0.15) is 36.3 Å². The summed E-state index contributed by atoms with van der Waals surface area (Å²) < 4.78 is 13.9. The molecule has 0 aliphatic rings. The van der Waals surface area contributed by atoms with Crippen LogP contribution in [0.4, 0.5) is 0 Å². The standard InChI is InChI=1S/C13H21N3O2.C10H16N2O2/c1-10(2)16-11(8-14-13(16)9-18-5)12(17)6-7-15(3)4;1-7(2)12-9(8(3)13)5-11-10(12)6-14-4/h6-8,10H,9H2,1-5H3;5,7H,6H2,1-4H3. The summed E-state index contributed by atoms with van der Waals surface area (Å²) in [6.07, 6.45) is 6.50. The van der Waals surface area contributed by atoms with Crippen LogP contribution >= 0.6 is 0 Å². The molecule has 0 N–H and O–H groups in total. The smallest absolute Gasteiger partial charge is 0.205 e. The maximum atomic E-state index is 12.1. The summed E-state index contributed by atoms with van der Waals surface area (Å²) in [5.74, 6) is 1.56. The molecule has 0 atom stereocenters. The van der Waals surface area contributed by atoms with Crippen LogP contribution in [0.25, 0.3) is 0 Å². The normalized spacial score (nSPS) is 11.2. The van der Waals surface area contributed by atoms with Gasteiger partial charge in [-0.3, -0.25) is 9.59 Å². The number of nitrogens with zero attached hydrogens (tertiary/aromatic N) is 5. The Hall–Kier alpha value is -2.78. The molecule has 0 aliphatic heterocycles. The van der Waals surface area contributed by atoms with Crippen molar-refractivity contribution in [1.29, 1.82) is 0 Å². The third kappa shape index (κ3) is 7.42. The average Bonchev–Trinajstić information content (AvgIpc) is 3.32. The highest BCUT2D eigenvalue weighted by Gasteiger charge is 2.17. The lowest BCUT2D eigenvalue weighted by atomic mass is 10.2. The highest BCUT2D eigenvalue weighted by Crippen LogP contribution is 2.16. The molecule has 9 nitrogen and oxygen atoms in total. The predicted octanol–water partition coefficient (Wildman–Crippen LogP) is 3.68. The molecule has 0 aromatic carbocycles. The van der Waals surface area contributed by atoms with Gasteiger partial charge in [-0.05, 0) is 27.7 Å². The van der Waals surface area contributed by atoms with E-state index in [0.29, 0.717) is 24.6 Å². The molecule has 0 fully saturated rings. The van der Waals surface area contributed by atoms with Gasteiger partial charge in [-0.1, -0.05) is 0 Å². The van der Waals surface area contributed by atoms with E-state index in [2.05, 4.69) is 9.97 Å². The van der Waals surface area contributed by atoms with Gasteiger partial charge in [-0.25, -0.2) is 9.97 Å². The summed E-state index contributed by atoms with van der Waals surface area (Å²) >= 11 is 0. The van der Waals surface area contributed by atoms with Gasteiger partial charge < -0.3 is 23.5 Å². The molecular weight excluding hydrogens is 410 g/mol. The fourth-order valence-corrected chi connectivity index (χ4v) is 3.17.